The zero-order valence-electron chi connectivity index (χ0n) is 9.92. The van der Waals surface area contributed by atoms with Crippen molar-refractivity contribution in [3.63, 3.8) is 0 Å². The Balaban J connectivity index is 2.40. The minimum absolute atomic E-state index is 0.248. The van der Waals surface area contributed by atoms with Gasteiger partial charge < -0.3 is 4.42 Å². The third-order valence-electron chi connectivity index (χ3n) is 2.48. The van der Waals surface area contributed by atoms with E-state index in [0.29, 0.717) is 10.8 Å². The van der Waals surface area contributed by atoms with Gasteiger partial charge in [0.1, 0.15) is 0 Å². The lowest BCUT2D eigenvalue weighted by atomic mass is 10.2. The molecule has 1 aromatic heterocycles. The van der Waals surface area contributed by atoms with Gasteiger partial charge in [0.05, 0.1) is 11.4 Å². The summed E-state index contributed by atoms with van der Waals surface area (Å²) in [6, 6.07) is 6.90. The van der Waals surface area contributed by atoms with E-state index in [4.69, 9.17) is 16.0 Å². The van der Waals surface area contributed by atoms with Crippen LogP contribution in [0.5, 0.6) is 0 Å². The molecule has 0 unspecified atom stereocenters. The van der Waals surface area contributed by atoms with Crippen molar-refractivity contribution < 1.29 is 12.8 Å². The van der Waals surface area contributed by atoms with Crippen LogP contribution in [0.25, 0.3) is 11.3 Å². The highest BCUT2D eigenvalue weighted by atomic mass is 35.5. The van der Waals surface area contributed by atoms with Crippen molar-refractivity contribution in [1.29, 1.82) is 0 Å². The molecule has 1 aromatic carbocycles. The molecule has 0 saturated carbocycles. The van der Waals surface area contributed by atoms with Crippen molar-refractivity contribution in [3.8, 4) is 11.3 Å². The van der Waals surface area contributed by atoms with Crippen LogP contribution in [-0.2, 0) is 9.84 Å². The summed E-state index contributed by atoms with van der Waals surface area (Å²) in [7, 11) is -3.48. The zero-order chi connectivity index (χ0) is 13.3. The summed E-state index contributed by atoms with van der Waals surface area (Å²) >= 11 is 5.78. The first-order valence-electron chi connectivity index (χ1n) is 5.37. The number of aromatic nitrogens is 1. The molecule has 0 bridgehead atoms. The Bertz CT molecular complexity index is 644. The van der Waals surface area contributed by atoms with E-state index in [1.165, 1.54) is 6.20 Å². The van der Waals surface area contributed by atoms with Gasteiger partial charge in [0.15, 0.2) is 5.76 Å². The number of nitrogens with zero attached hydrogens (tertiary/aromatic N) is 1. The van der Waals surface area contributed by atoms with Crippen LogP contribution in [-0.4, -0.2) is 18.7 Å². The molecule has 2 aromatic rings. The largest absolute Gasteiger partial charge is 0.428 e. The summed E-state index contributed by atoms with van der Waals surface area (Å²) in [5, 5.41) is -0.204. The van der Waals surface area contributed by atoms with Gasteiger partial charge in [-0.1, -0.05) is 11.6 Å². The highest BCUT2D eigenvalue weighted by molar-refractivity contribution is 7.91. The second-order valence-corrected chi connectivity index (χ2v) is 6.91. The molecule has 6 heteroatoms. The summed E-state index contributed by atoms with van der Waals surface area (Å²) < 4.78 is 29.0. The topological polar surface area (TPSA) is 60.2 Å². The lowest BCUT2D eigenvalue weighted by molar-refractivity contribution is 0.437. The third kappa shape index (κ3) is 2.42. The van der Waals surface area contributed by atoms with Crippen LogP contribution in [0.15, 0.2) is 40.1 Å². The number of sulfone groups is 1. The number of hydrogen-bond donors (Lipinski definition) is 0. The first kappa shape index (κ1) is 13.1. The van der Waals surface area contributed by atoms with Crippen molar-refractivity contribution in [2.45, 2.75) is 24.3 Å². The second kappa shape index (κ2) is 4.74. The summed E-state index contributed by atoms with van der Waals surface area (Å²) in [6.45, 7) is 3.17. The average molecular weight is 286 g/mol. The Morgan fingerprint density at radius 3 is 2.39 bits per heavy atom. The van der Waals surface area contributed by atoms with Crippen LogP contribution in [0.1, 0.15) is 13.8 Å². The summed E-state index contributed by atoms with van der Waals surface area (Å²) in [6.07, 6.45) is 1.40. The summed E-state index contributed by atoms with van der Waals surface area (Å²) in [5.74, 6) is 0.408. The lowest BCUT2D eigenvalue weighted by Gasteiger charge is -2.02. The number of rotatable bonds is 3. The molecule has 0 aliphatic heterocycles. The van der Waals surface area contributed by atoms with Crippen LogP contribution >= 0.6 is 11.6 Å². The maximum atomic E-state index is 11.9. The van der Waals surface area contributed by atoms with E-state index in [1.807, 2.05) is 0 Å². The Kier molecular flexibility index (Phi) is 3.45. The fourth-order valence-corrected chi connectivity index (χ4v) is 2.27. The Morgan fingerprint density at radius 1 is 1.22 bits per heavy atom. The van der Waals surface area contributed by atoms with Gasteiger partial charge in [0.2, 0.25) is 9.84 Å². The van der Waals surface area contributed by atoms with Crippen molar-refractivity contribution in [3.05, 3.63) is 35.5 Å². The maximum Gasteiger partial charge on any atom is 0.315 e. The summed E-state index contributed by atoms with van der Waals surface area (Å²) in [4.78, 5) is 3.82. The van der Waals surface area contributed by atoms with Gasteiger partial charge in [-0.15, -0.1) is 0 Å². The zero-order valence-corrected chi connectivity index (χ0v) is 11.5. The SMILES string of the molecule is CC(C)S(=O)(=O)c1ncc(-c2ccc(Cl)cc2)o1. The van der Waals surface area contributed by atoms with Gasteiger partial charge in [-0.2, -0.15) is 0 Å². The standard InChI is InChI=1S/C12H12ClNO3S/c1-8(2)18(15,16)12-14-7-11(17-12)9-3-5-10(13)6-4-9/h3-8H,1-2H3. The van der Waals surface area contributed by atoms with Gasteiger partial charge in [-0.05, 0) is 38.1 Å². The predicted octanol–water partition coefficient (Wildman–Crippen LogP) is 3.18. The highest BCUT2D eigenvalue weighted by Gasteiger charge is 2.25. The quantitative estimate of drug-likeness (QED) is 0.869. The van der Waals surface area contributed by atoms with Crippen LogP contribution in [0.4, 0.5) is 0 Å². The molecular formula is C12H12ClNO3S. The van der Waals surface area contributed by atoms with E-state index in [9.17, 15) is 8.42 Å². The fraction of sp³-hybridized carbons (Fsp3) is 0.250. The molecule has 96 valence electrons. The van der Waals surface area contributed by atoms with Crippen LogP contribution in [0.2, 0.25) is 5.02 Å². The monoisotopic (exact) mass is 285 g/mol. The lowest BCUT2D eigenvalue weighted by Crippen LogP contribution is -2.14. The molecule has 0 atom stereocenters. The molecule has 0 radical (unpaired) electrons. The number of oxazole rings is 1. The first-order chi connectivity index (χ1) is 8.41. The van der Waals surface area contributed by atoms with Gasteiger partial charge in [0.25, 0.3) is 0 Å². The van der Waals surface area contributed by atoms with E-state index >= 15 is 0 Å². The Labute approximate surface area is 111 Å². The molecule has 0 spiro atoms. The smallest absolute Gasteiger partial charge is 0.315 e. The van der Waals surface area contributed by atoms with E-state index < -0.39 is 15.1 Å². The second-order valence-electron chi connectivity index (χ2n) is 4.09. The molecule has 0 aliphatic carbocycles. The van der Waals surface area contributed by atoms with Crippen LogP contribution < -0.4 is 0 Å². The van der Waals surface area contributed by atoms with Crippen molar-refractivity contribution in [2.24, 2.45) is 0 Å². The minimum atomic E-state index is -3.48. The molecule has 18 heavy (non-hydrogen) atoms. The van der Waals surface area contributed by atoms with E-state index in [0.717, 1.165) is 5.56 Å². The van der Waals surface area contributed by atoms with Crippen molar-refractivity contribution in [1.82, 2.24) is 4.98 Å². The molecule has 4 nitrogen and oxygen atoms in total. The average Bonchev–Trinajstić information content (AvgIpc) is 2.79. The Hall–Kier alpha value is -1.33. The predicted molar refractivity (Wildman–Crippen MR) is 69.3 cm³/mol. The molecule has 0 fully saturated rings. The number of benzene rings is 1. The normalized spacial score (nSPS) is 12.0. The van der Waals surface area contributed by atoms with Crippen molar-refractivity contribution >= 4 is 21.4 Å². The van der Waals surface area contributed by atoms with Gasteiger partial charge in [-0.3, -0.25) is 0 Å². The number of halogens is 1. The van der Waals surface area contributed by atoms with Crippen LogP contribution in [0.3, 0.4) is 0 Å². The van der Waals surface area contributed by atoms with Crippen LogP contribution in [0, 0.1) is 0 Å². The maximum absolute atomic E-state index is 11.9. The van der Waals surface area contributed by atoms with Gasteiger partial charge in [0, 0.05) is 10.6 Å². The molecule has 0 saturated heterocycles. The molecule has 1 heterocycles. The number of hydrogen-bond acceptors (Lipinski definition) is 4. The molecule has 0 N–H and O–H groups in total. The third-order valence-corrected chi connectivity index (χ3v) is 4.65. The highest BCUT2D eigenvalue weighted by Crippen LogP contribution is 2.25. The minimum Gasteiger partial charge on any atom is -0.428 e. The summed E-state index contributed by atoms with van der Waals surface area (Å²) in [5.41, 5.74) is 0.733. The molecule has 0 amide bonds. The van der Waals surface area contributed by atoms with E-state index in [1.54, 1.807) is 38.1 Å². The van der Waals surface area contributed by atoms with Gasteiger partial charge >= 0.3 is 5.22 Å². The van der Waals surface area contributed by atoms with E-state index in [-0.39, 0.29) is 5.22 Å². The van der Waals surface area contributed by atoms with E-state index in [2.05, 4.69) is 4.98 Å². The first-order valence-corrected chi connectivity index (χ1v) is 7.29. The van der Waals surface area contributed by atoms with Crippen molar-refractivity contribution in [2.75, 3.05) is 0 Å². The molecular weight excluding hydrogens is 274 g/mol. The molecule has 0 aliphatic rings. The fourth-order valence-electron chi connectivity index (χ4n) is 1.34. The molecule has 2 rings (SSSR count). The Morgan fingerprint density at radius 2 is 1.83 bits per heavy atom. The van der Waals surface area contributed by atoms with Gasteiger partial charge in [-0.25, -0.2) is 13.4 Å².